The van der Waals surface area contributed by atoms with Crippen LogP contribution in [-0.2, 0) is 13.1 Å². The zero-order valence-corrected chi connectivity index (χ0v) is 19.1. The summed E-state index contributed by atoms with van der Waals surface area (Å²) in [7, 11) is 5.46. The van der Waals surface area contributed by atoms with Crippen molar-refractivity contribution < 1.29 is 23.0 Å². The third-order valence-corrected chi connectivity index (χ3v) is 4.13. The maximum Gasteiger partial charge on any atom is 0.387 e. The predicted octanol–water partition coefficient (Wildman–Crippen LogP) is 2.96. The highest BCUT2D eigenvalue weighted by molar-refractivity contribution is 14.0. The number of alkyl halides is 2. The maximum atomic E-state index is 12.8. The number of anilines is 1. The number of pyridine rings is 1. The van der Waals surface area contributed by atoms with Gasteiger partial charge in [0.2, 0.25) is 6.79 Å². The molecule has 2 aromatic rings. The van der Waals surface area contributed by atoms with Gasteiger partial charge in [0.05, 0.1) is 12.2 Å². The lowest BCUT2D eigenvalue weighted by Gasteiger charge is -2.16. The molecule has 3 rings (SSSR count). The molecule has 0 saturated carbocycles. The van der Waals surface area contributed by atoms with Gasteiger partial charge in [0.25, 0.3) is 0 Å². The average Bonchev–Trinajstić information content (AvgIpc) is 3.15. The first-order valence-corrected chi connectivity index (χ1v) is 8.91. The molecule has 8 nitrogen and oxygen atoms in total. The first-order chi connectivity index (χ1) is 14.0. The molecule has 2 N–H and O–H groups in total. The minimum Gasteiger partial charge on any atom is -0.454 e. The van der Waals surface area contributed by atoms with Gasteiger partial charge in [-0.1, -0.05) is 6.07 Å². The average molecular weight is 535 g/mol. The zero-order chi connectivity index (χ0) is 20.8. The Labute approximate surface area is 190 Å². The first-order valence-electron chi connectivity index (χ1n) is 8.91. The Morgan fingerprint density at radius 3 is 2.57 bits per heavy atom. The fraction of sp³-hybridized carbons (Fsp3) is 0.368. The fourth-order valence-corrected chi connectivity index (χ4v) is 2.70. The molecule has 2 heterocycles. The molecule has 0 fully saturated rings. The van der Waals surface area contributed by atoms with Gasteiger partial charge in [-0.25, -0.2) is 4.98 Å². The molecule has 0 atom stereocenters. The lowest BCUT2D eigenvalue weighted by atomic mass is 10.1. The van der Waals surface area contributed by atoms with Crippen molar-refractivity contribution in [1.82, 2.24) is 15.6 Å². The van der Waals surface area contributed by atoms with E-state index in [0.717, 1.165) is 11.5 Å². The summed E-state index contributed by atoms with van der Waals surface area (Å²) in [5.74, 6) is 2.21. The molecule has 0 spiro atoms. The maximum absolute atomic E-state index is 12.8. The van der Waals surface area contributed by atoms with Crippen molar-refractivity contribution in [3.05, 3.63) is 41.6 Å². The second kappa shape index (κ2) is 11.0. The molecule has 0 saturated heterocycles. The number of fused-ring (bicyclic) bond motifs is 1. The second-order valence-corrected chi connectivity index (χ2v) is 6.35. The Morgan fingerprint density at radius 1 is 1.20 bits per heavy atom. The van der Waals surface area contributed by atoms with Crippen molar-refractivity contribution in [2.75, 3.05) is 32.8 Å². The van der Waals surface area contributed by atoms with Gasteiger partial charge in [-0.05, 0) is 18.2 Å². The Bertz CT molecular complexity index is 883. The summed E-state index contributed by atoms with van der Waals surface area (Å²) in [5.41, 5.74) is 1.33. The number of rotatable bonds is 7. The first kappa shape index (κ1) is 23.7. The van der Waals surface area contributed by atoms with Crippen LogP contribution in [0.15, 0.2) is 35.3 Å². The van der Waals surface area contributed by atoms with E-state index in [-0.39, 0.29) is 43.1 Å². The molecule has 0 bridgehead atoms. The van der Waals surface area contributed by atoms with Crippen LogP contribution in [0.3, 0.4) is 0 Å². The van der Waals surface area contributed by atoms with Crippen molar-refractivity contribution in [2.45, 2.75) is 19.7 Å². The Kier molecular flexibility index (Phi) is 8.69. The molecule has 30 heavy (non-hydrogen) atoms. The van der Waals surface area contributed by atoms with Crippen LogP contribution >= 0.6 is 24.0 Å². The molecule has 0 unspecified atom stereocenters. The van der Waals surface area contributed by atoms with E-state index in [1.54, 1.807) is 13.1 Å². The summed E-state index contributed by atoms with van der Waals surface area (Å²) < 4.78 is 40.7. The molecule has 164 valence electrons. The van der Waals surface area contributed by atoms with Crippen LogP contribution in [-0.4, -0.2) is 45.5 Å². The molecule has 0 radical (unpaired) electrons. The molecule has 1 aromatic heterocycles. The number of aromatic nitrogens is 1. The number of hydrogen-bond acceptors (Lipinski definition) is 6. The van der Waals surface area contributed by atoms with Crippen molar-refractivity contribution in [3.8, 4) is 17.2 Å². The van der Waals surface area contributed by atoms with Crippen LogP contribution in [0.4, 0.5) is 14.6 Å². The lowest BCUT2D eigenvalue weighted by Crippen LogP contribution is -2.36. The van der Waals surface area contributed by atoms with E-state index >= 15 is 0 Å². The summed E-state index contributed by atoms with van der Waals surface area (Å²) in [6, 6.07) is 8.76. The largest absolute Gasteiger partial charge is 0.454 e. The summed E-state index contributed by atoms with van der Waals surface area (Å²) >= 11 is 0. The normalized spacial score (nSPS) is 12.4. The van der Waals surface area contributed by atoms with E-state index in [1.165, 1.54) is 6.07 Å². The van der Waals surface area contributed by atoms with Gasteiger partial charge in [0, 0.05) is 39.3 Å². The Balaban J connectivity index is 0.00000320. The summed E-state index contributed by atoms with van der Waals surface area (Å²) in [6.07, 6.45) is 0. The predicted molar refractivity (Wildman–Crippen MR) is 120 cm³/mol. The number of halogens is 3. The van der Waals surface area contributed by atoms with Gasteiger partial charge in [-0.15, -0.1) is 24.0 Å². The van der Waals surface area contributed by atoms with Gasteiger partial charge in [0.15, 0.2) is 17.5 Å². The summed E-state index contributed by atoms with van der Waals surface area (Å²) in [6.45, 7) is -2.25. The van der Waals surface area contributed by atoms with E-state index in [0.29, 0.717) is 29.6 Å². The molecule has 11 heteroatoms. The van der Waals surface area contributed by atoms with Gasteiger partial charge < -0.3 is 29.7 Å². The van der Waals surface area contributed by atoms with Gasteiger partial charge in [-0.3, -0.25) is 4.99 Å². The van der Waals surface area contributed by atoms with Crippen LogP contribution in [0.1, 0.15) is 11.3 Å². The quantitative estimate of drug-likeness (QED) is 0.321. The summed E-state index contributed by atoms with van der Waals surface area (Å²) in [4.78, 5) is 10.6. The summed E-state index contributed by atoms with van der Waals surface area (Å²) in [5, 5.41) is 6.23. The van der Waals surface area contributed by atoms with Crippen molar-refractivity contribution >= 4 is 35.8 Å². The van der Waals surface area contributed by atoms with Crippen LogP contribution in [0.25, 0.3) is 0 Å². The number of nitrogens with one attached hydrogen (secondary N) is 2. The molecule has 0 aliphatic carbocycles. The number of benzene rings is 1. The zero-order valence-electron chi connectivity index (χ0n) is 16.8. The van der Waals surface area contributed by atoms with Crippen molar-refractivity contribution in [2.24, 2.45) is 4.99 Å². The second-order valence-electron chi connectivity index (χ2n) is 6.35. The minimum absolute atomic E-state index is 0. The molecule has 1 aliphatic rings. The molecule has 1 aromatic carbocycles. The van der Waals surface area contributed by atoms with E-state index in [4.69, 9.17) is 9.47 Å². The van der Waals surface area contributed by atoms with Gasteiger partial charge in [0.1, 0.15) is 11.6 Å². The van der Waals surface area contributed by atoms with E-state index < -0.39 is 6.61 Å². The fourth-order valence-electron chi connectivity index (χ4n) is 2.70. The van der Waals surface area contributed by atoms with Crippen molar-refractivity contribution in [3.63, 3.8) is 0 Å². The van der Waals surface area contributed by atoms with Crippen LogP contribution in [0.5, 0.6) is 17.2 Å². The molecular formula is C19H24F2IN5O3. The van der Waals surface area contributed by atoms with Crippen LogP contribution in [0, 0.1) is 0 Å². The van der Waals surface area contributed by atoms with E-state index in [1.807, 2.05) is 37.2 Å². The minimum atomic E-state index is -2.94. The third-order valence-electron chi connectivity index (χ3n) is 4.13. The highest BCUT2D eigenvalue weighted by Gasteiger charge is 2.20. The van der Waals surface area contributed by atoms with Crippen molar-refractivity contribution in [1.29, 1.82) is 0 Å². The van der Waals surface area contributed by atoms with Gasteiger partial charge >= 0.3 is 6.61 Å². The molecule has 0 amide bonds. The van der Waals surface area contributed by atoms with Crippen LogP contribution in [0.2, 0.25) is 0 Å². The standard InChI is InChI=1S/C19H23F2N5O3.HI/c1-22-19(24-10-13-5-4-6-17(25-13)26(2)3)23-9-12-7-15-16(28-11-27-15)8-14(12)29-18(20)21;/h4-8,18H,9-11H2,1-3H3,(H2,22,23,24);1H. The SMILES string of the molecule is CN=C(NCc1cccc(N(C)C)n1)NCc1cc2c(cc1OC(F)F)OCO2.I. The highest BCUT2D eigenvalue weighted by atomic mass is 127. The third kappa shape index (κ3) is 6.21. The number of ether oxygens (including phenoxy) is 3. The highest BCUT2D eigenvalue weighted by Crippen LogP contribution is 2.38. The number of aliphatic imine (C=N–C) groups is 1. The number of nitrogens with zero attached hydrogens (tertiary/aromatic N) is 3. The molecular weight excluding hydrogens is 511 g/mol. The monoisotopic (exact) mass is 535 g/mol. The Morgan fingerprint density at radius 2 is 1.90 bits per heavy atom. The topological polar surface area (TPSA) is 80.2 Å². The van der Waals surface area contributed by atoms with Gasteiger partial charge in [-0.2, -0.15) is 8.78 Å². The van der Waals surface area contributed by atoms with Crippen LogP contribution < -0.4 is 29.7 Å². The Hall–Kier alpha value is -2.57. The number of guanidine groups is 1. The van der Waals surface area contributed by atoms with E-state index in [9.17, 15) is 8.78 Å². The number of hydrogen-bond donors (Lipinski definition) is 2. The molecule has 1 aliphatic heterocycles. The van der Waals surface area contributed by atoms with E-state index in [2.05, 4.69) is 25.3 Å². The smallest absolute Gasteiger partial charge is 0.387 e. The lowest BCUT2D eigenvalue weighted by molar-refractivity contribution is -0.0505.